The van der Waals surface area contributed by atoms with Crippen molar-refractivity contribution >= 4 is 11.8 Å². The first kappa shape index (κ1) is 14.7. The van der Waals surface area contributed by atoms with E-state index in [4.69, 9.17) is 0 Å². The molecule has 18 heavy (non-hydrogen) atoms. The largest absolute Gasteiger partial charge is 0.311 e. The first-order chi connectivity index (χ1) is 8.65. The van der Waals surface area contributed by atoms with Gasteiger partial charge in [-0.3, -0.25) is 4.90 Å². The van der Waals surface area contributed by atoms with Gasteiger partial charge in [-0.1, -0.05) is 20.3 Å². The van der Waals surface area contributed by atoms with Crippen molar-refractivity contribution in [1.29, 1.82) is 0 Å². The van der Waals surface area contributed by atoms with Gasteiger partial charge in [0.2, 0.25) is 0 Å². The van der Waals surface area contributed by atoms with E-state index in [0.717, 1.165) is 23.3 Å². The lowest BCUT2D eigenvalue weighted by Crippen LogP contribution is -2.57. The second kappa shape index (κ2) is 7.16. The third-order valence-electron chi connectivity index (χ3n) is 4.25. The lowest BCUT2D eigenvalue weighted by Gasteiger charge is -2.41. The van der Waals surface area contributed by atoms with Crippen molar-refractivity contribution in [2.24, 2.45) is 5.92 Å². The molecule has 0 aromatic rings. The fourth-order valence-electron chi connectivity index (χ4n) is 3.19. The van der Waals surface area contributed by atoms with Crippen molar-refractivity contribution in [2.75, 3.05) is 25.4 Å². The van der Waals surface area contributed by atoms with Gasteiger partial charge >= 0.3 is 0 Å². The lowest BCUT2D eigenvalue weighted by atomic mass is 10.00. The van der Waals surface area contributed by atoms with E-state index in [2.05, 4.69) is 42.7 Å². The summed E-state index contributed by atoms with van der Waals surface area (Å²) in [6.45, 7) is 10.8. The molecule has 2 saturated heterocycles. The zero-order valence-electron chi connectivity index (χ0n) is 12.3. The molecule has 2 aliphatic rings. The summed E-state index contributed by atoms with van der Waals surface area (Å²) in [6, 6.07) is 1.44. The van der Waals surface area contributed by atoms with E-state index >= 15 is 0 Å². The van der Waals surface area contributed by atoms with Crippen LogP contribution in [0.2, 0.25) is 0 Å². The minimum Gasteiger partial charge on any atom is -0.311 e. The molecule has 0 radical (unpaired) electrons. The molecule has 0 aromatic heterocycles. The van der Waals surface area contributed by atoms with E-state index in [-0.39, 0.29) is 0 Å². The zero-order chi connectivity index (χ0) is 13.0. The van der Waals surface area contributed by atoms with E-state index in [1.165, 1.54) is 51.1 Å². The first-order valence-electron chi connectivity index (χ1n) is 7.74. The number of thioether (sulfide) groups is 1. The van der Waals surface area contributed by atoms with Gasteiger partial charge in [0.15, 0.2) is 0 Å². The van der Waals surface area contributed by atoms with Crippen LogP contribution in [0.4, 0.5) is 0 Å². The molecular formula is C15H30N2S. The molecule has 0 saturated carbocycles. The van der Waals surface area contributed by atoms with E-state index in [1.807, 2.05) is 0 Å². The maximum Gasteiger partial charge on any atom is 0.0198 e. The number of rotatable bonds is 4. The minimum absolute atomic E-state index is 0.717. The maximum atomic E-state index is 3.72. The monoisotopic (exact) mass is 270 g/mol. The number of hydrogen-bond donors (Lipinski definition) is 1. The summed E-state index contributed by atoms with van der Waals surface area (Å²) in [5.74, 6) is 2.20. The van der Waals surface area contributed by atoms with Crippen molar-refractivity contribution < 1.29 is 0 Å². The van der Waals surface area contributed by atoms with Crippen molar-refractivity contribution in [3.63, 3.8) is 0 Å². The van der Waals surface area contributed by atoms with Crippen LogP contribution in [0.3, 0.4) is 0 Å². The Labute approximate surface area is 117 Å². The summed E-state index contributed by atoms with van der Waals surface area (Å²) in [7, 11) is 0. The Hall–Kier alpha value is 0.270. The van der Waals surface area contributed by atoms with Crippen LogP contribution in [0, 0.1) is 5.92 Å². The third kappa shape index (κ3) is 4.43. The van der Waals surface area contributed by atoms with E-state index in [1.54, 1.807) is 0 Å². The molecule has 3 heteroatoms. The second-order valence-corrected chi connectivity index (χ2v) is 7.93. The number of nitrogens with zero attached hydrogens (tertiary/aromatic N) is 1. The fourth-order valence-corrected chi connectivity index (χ4v) is 4.52. The Morgan fingerprint density at radius 2 is 2.17 bits per heavy atom. The summed E-state index contributed by atoms with van der Waals surface area (Å²) < 4.78 is 0. The van der Waals surface area contributed by atoms with Crippen LogP contribution in [0.1, 0.15) is 46.5 Å². The van der Waals surface area contributed by atoms with Crippen LogP contribution in [0.25, 0.3) is 0 Å². The van der Waals surface area contributed by atoms with Gasteiger partial charge in [0, 0.05) is 37.0 Å². The Balaban J connectivity index is 1.80. The molecule has 2 nitrogen and oxygen atoms in total. The van der Waals surface area contributed by atoms with Gasteiger partial charge < -0.3 is 5.32 Å². The maximum absolute atomic E-state index is 3.72. The predicted molar refractivity (Wildman–Crippen MR) is 82.4 cm³/mol. The average Bonchev–Trinajstić information content (AvgIpc) is 2.34. The Bertz CT molecular complexity index is 239. The van der Waals surface area contributed by atoms with Crippen LogP contribution in [-0.4, -0.2) is 47.6 Å². The van der Waals surface area contributed by atoms with Crippen LogP contribution >= 0.6 is 11.8 Å². The smallest absolute Gasteiger partial charge is 0.0198 e. The molecule has 2 aliphatic heterocycles. The SMILES string of the molecule is CC(C)CC1CN(CC2CCCCS2)C(C)CN1. The summed E-state index contributed by atoms with van der Waals surface area (Å²) >= 11 is 2.21. The second-order valence-electron chi connectivity index (χ2n) is 6.53. The van der Waals surface area contributed by atoms with Crippen molar-refractivity contribution in [3.8, 4) is 0 Å². The van der Waals surface area contributed by atoms with Gasteiger partial charge in [0.1, 0.15) is 0 Å². The van der Waals surface area contributed by atoms with Gasteiger partial charge in [0.05, 0.1) is 0 Å². The predicted octanol–water partition coefficient (Wildman–Crippen LogP) is 2.98. The van der Waals surface area contributed by atoms with Crippen LogP contribution in [0.15, 0.2) is 0 Å². The summed E-state index contributed by atoms with van der Waals surface area (Å²) in [5, 5.41) is 4.62. The van der Waals surface area contributed by atoms with E-state index in [9.17, 15) is 0 Å². The van der Waals surface area contributed by atoms with Crippen LogP contribution in [0.5, 0.6) is 0 Å². The molecule has 106 valence electrons. The van der Waals surface area contributed by atoms with Crippen LogP contribution in [-0.2, 0) is 0 Å². The lowest BCUT2D eigenvalue weighted by molar-refractivity contribution is 0.131. The molecule has 0 aromatic carbocycles. The van der Waals surface area contributed by atoms with E-state index < -0.39 is 0 Å². The number of nitrogens with one attached hydrogen (secondary N) is 1. The molecule has 0 bridgehead atoms. The number of hydrogen-bond acceptors (Lipinski definition) is 3. The molecule has 0 spiro atoms. The van der Waals surface area contributed by atoms with Gasteiger partial charge in [-0.05, 0) is 37.9 Å². The molecule has 2 fully saturated rings. The number of piperazine rings is 1. The van der Waals surface area contributed by atoms with Gasteiger partial charge in [-0.2, -0.15) is 11.8 Å². The molecular weight excluding hydrogens is 240 g/mol. The first-order valence-corrected chi connectivity index (χ1v) is 8.79. The normalized spacial score (nSPS) is 35.0. The fraction of sp³-hybridized carbons (Fsp3) is 1.00. The highest BCUT2D eigenvalue weighted by Gasteiger charge is 2.27. The van der Waals surface area contributed by atoms with E-state index in [0.29, 0.717) is 0 Å². The molecule has 2 rings (SSSR count). The van der Waals surface area contributed by atoms with Crippen molar-refractivity contribution in [2.45, 2.75) is 63.8 Å². The van der Waals surface area contributed by atoms with Crippen molar-refractivity contribution in [1.82, 2.24) is 10.2 Å². The Morgan fingerprint density at radius 1 is 1.33 bits per heavy atom. The quantitative estimate of drug-likeness (QED) is 0.845. The van der Waals surface area contributed by atoms with Gasteiger partial charge in [0.25, 0.3) is 0 Å². The minimum atomic E-state index is 0.717. The van der Waals surface area contributed by atoms with Gasteiger partial charge in [-0.25, -0.2) is 0 Å². The third-order valence-corrected chi connectivity index (χ3v) is 5.63. The highest BCUT2D eigenvalue weighted by atomic mass is 32.2. The average molecular weight is 270 g/mol. The molecule has 0 amide bonds. The summed E-state index contributed by atoms with van der Waals surface area (Å²) in [5.41, 5.74) is 0. The van der Waals surface area contributed by atoms with Gasteiger partial charge in [-0.15, -0.1) is 0 Å². The Morgan fingerprint density at radius 3 is 2.83 bits per heavy atom. The van der Waals surface area contributed by atoms with Crippen LogP contribution < -0.4 is 5.32 Å². The molecule has 0 aliphatic carbocycles. The van der Waals surface area contributed by atoms with Crippen molar-refractivity contribution in [3.05, 3.63) is 0 Å². The summed E-state index contributed by atoms with van der Waals surface area (Å²) in [4.78, 5) is 2.74. The standard InChI is InChI=1S/C15H30N2S/c1-12(2)8-14-10-17(13(3)9-16-14)11-15-6-4-5-7-18-15/h12-16H,4-11H2,1-3H3. The topological polar surface area (TPSA) is 15.3 Å². The zero-order valence-corrected chi connectivity index (χ0v) is 13.1. The molecule has 2 heterocycles. The summed E-state index contributed by atoms with van der Waals surface area (Å²) in [6.07, 6.45) is 5.65. The highest BCUT2D eigenvalue weighted by molar-refractivity contribution is 7.99. The highest BCUT2D eigenvalue weighted by Crippen LogP contribution is 2.27. The molecule has 1 N–H and O–H groups in total. The Kier molecular flexibility index (Phi) is 5.84. The molecule has 3 unspecified atom stereocenters. The molecule has 3 atom stereocenters.